The minimum Gasteiger partial charge on any atom is -0.496 e. The maximum Gasteiger partial charge on any atom is 0.412 e. The predicted octanol–water partition coefficient (Wildman–Crippen LogP) is 4.07. The Balaban J connectivity index is 2.00. The highest BCUT2D eigenvalue weighted by Crippen LogP contribution is 2.27. The van der Waals surface area contributed by atoms with Crippen molar-refractivity contribution in [2.24, 2.45) is 0 Å². The number of para-hydroxylation sites is 1. The summed E-state index contributed by atoms with van der Waals surface area (Å²) in [6.45, 7) is 5.81. The summed E-state index contributed by atoms with van der Waals surface area (Å²) >= 11 is 0. The van der Waals surface area contributed by atoms with Gasteiger partial charge in [-0.1, -0.05) is 18.2 Å². The van der Waals surface area contributed by atoms with Gasteiger partial charge < -0.3 is 19.7 Å². The summed E-state index contributed by atoms with van der Waals surface area (Å²) in [6, 6.07) is 14.4. The summed E-state index contributed by atoms with van der Waals surface area (Å²) in [5.74, 6) is 0.587. The van der Waals surface area contributed by atoms with Crippen molar-refractivity contribution in [3.63, 3.8) is 0 Å². The number of benzene rings is 2. The second-order valence-corrected chi connectivity index (χ2v) is 8.14. The van der Waals surface area contributed by atoms with E-state index in [0.29, 0.717) is 17.8 Å². The number of likely N-dealkylation sites (N-methyl/N-ethyl adjacent to an activating group) is 1. The maximum absolute atomic E-state index is 12.6. The predicted molar refractivity (Wildman–Crippen MR) is 118 cm³/mol. The Morgan fingerprint density at radius 3 is 2.23 bits per heavy atom. The Kier molecular flexibility index (Phi) is 7.83. The molecule has 0 saturated heterocycles. The third-order valence-electron chi connectivity index (χ3n) is 4.37. The van der Waals surface area contributed by atoms with Crippen molar-refractivity contribution in [2.75, 3.05) is 33.1 Å². The van der Waals surface area contributed by atoms with Gasteiger partial charge in [0.15, 0.2) is 0 Å². The Morgan fingerprint density at radius 2 is 1.67 bits per heavy atom. The molecule has 0 aliphatic carbocycles. The number of ether oxygens (including phenoxy) is 2. The highest BCUT2D eigenvalue weighted by Gasteiger charge is 2.20. The highest BCUT2D eigenvalue weighted by atomic mass is 16.6. The summed E-state index contributed by atoms with van der Waals surface area (Å²) in [6.07, 6.45) is -0.537. The van der Waals surface area contributed by atoms with Crippen LogP contribution in [0.2, 0.25) is 0 Å². The van der Waals surface area contributed by atoms with Crippen molar-refractivity contribution in [3.8, 4) is 5.75 Å². The monoisotopic (exact) mass is 413 g/mol. The smallest absolute Gasteiger partial charge is 0.412 e. The average Bonchev–Trinajstić information content (AvgIpc) is 2.67. The number of amides is 2. The first-order chi connectivity index (χ1) is 14.1. The number of hydrogen-bond donors (Lipinski definition) is 2. The molecule has 30 heavy (non-hydrogen) atoms. The van der Waals surface area contributed by atoms with Crippen LogP contribution in [0.4, 0.5) is 10.5 Å². The fourth-order valence-corrected chi connectivity index (χ4v) is 2.93. The normalized spacial score (nSPS) is 12.2. The summed E-state index contributed by atoms with van der Waals surface area (Å²) in [5, 5.41) is 5.62. The van der Waals surface area contributed by atoms with Gasteiger partial charge in [0.1, 0.15) is 11.4 Å². The van der Waals surface area contributed by atoms with Gasteiger partial charge in [0.05, 0.1) is 13.2 Å². The van der Waals surface area contributed by atoms with Crippen LogP contribution < -0.4 is 15.4 Å². The van der Waals surface area contributed by atoms with Crippen molar-refractivity contribution in [2.45, 2.75) is 32.4 Å². The molecule has 2 aromatic carbocycles. The highest BCUT2D eigenvalue weighted by molar-refractivity contribution is 5.95. The summed E-state index contributed by atoms with van der Waals surface area (Å²) in [7, 11) is 5.55. The van der Waals surface area contributed by atoms with E-state index >= 15 is 0 Å². The average molecular weight is 414 g/mol. The fraction of sp³-hybridized carbons (Fsp3) is 0.391. The Hall–Kier alpha value is -3.06. The van der Waals surface area contributed by atoms with Gasteiger partial charge in [-0.2, -0.15) is 0 Å². The molecule has 0 radical (unpaired) electrons. The molecular formula is C23H31N3O4. The van der Waals surface area contributed by atoms with Gasteiger partial charge in [0, 0.05) is 23.4 Å². The summed E-state index contributed by atoms with van der Waals surface area (Å²) in [4.78, 5) is 26.5. The van der Waals surface area contributed by atoms with Crippen molar-refractivity contribution in [1.82, 2.24) is 10.2 Å². The number of hydrogen-bond acceptors (Lipinski definition) is 5. The van der Waals surface area contributed by atoms with E-state index in [9.17, 15) is 9.59 Å². The summed E-state index contributed by atoms with van der Waals surface area (Å²) in [5.41, 5.74) is 1.49. The van der Waals surface area contributed by atoms with Crippen molar-refractivity contribution < 1.29 is 19.1 Å². The molecular weight excluding hydrogens is 382 g/mol. The molecule has 0 aromatic heterocycles. The van der Waals surface area contributed by atoms with Gasteiger partial charge >= 0.3 is 6.09 Å². The minimum absolute atomic E-state index is 0.0433. The molecule has 2 rings (SSSR count). The molecule has 2 amide bonds. The molecule has 7 heteroatoms. The topological polar surface area (TPSA) is 79.9 Å². The van der Waals surface area contributed by atoms with Crippen LogP contribution in [0.1, 0.15) is 42.7 Å². The maximum atomic E-state index is 12.6. The Bertz CT molecular complexity index is 857. The van der Waals surface area contributed by atoms with Crippen LogP contribution in [0.25, 0.3) is 0 Å². The van der Waals surface area contributed by atoms with Crippen molar-refractivity contribution in [1.29, 1.82) is 0 Å². The lowest BCUT2D eigenvalue weighted by Crippen LogP contribution is -2.34. The van der Waals surface area contributed by atoms with E-state index in [2.05, 4.69) is 10.6 Å². The number of carbonyl (C=O) groups excluding carboxylic acids is 2. The van der Waals surface area contributed by atoms with Crippen LogP contribution in [-0.2, 0) is 4.74 Å². The second-order valence-electron chi connectivity index (χ2n) is 8.14. The molecule has 2 aromatic rings. The summed E-state index contributed by atoms with van der Waals surface area (Å²) < 4.78 is 10.7. The molecule has 0 aliphatic heterocycles. The lowest BCUT2D eigenvalue weighted by Gasteiger charge is -2.26. The molecule has 0 aliphatic rings. The molecule has 2 N–H and O–H groups in total. The molecule has 0 bridgehead atoms. The number of methoxy groups -OCH3 is 1. The fourth-order valence-electron chi connectivity index (χ4n) is 2.93. The number of nitrogens with one attached hydrogen (secondary N) is 2. The van der Waals surface area contributed by atoms with Crippen molar-refractivity contribution in [3.05, 3.63) is 59.7 Å². The quantitative estimate of drug-likeness (QED) is 0.715. The van der Waals surface area contributed by atoms with Crippen LogP contribution in [-0.4, -0.2) is 50.3 Å². The molecule has 0 spiro atoms. The lowest BCUT2D eigenvalue weighted by atomic mass is 10.0. The standard InChI is InChI=1S/C23H31N3O4/c1-23(2,3)30-22(28)25-17-13-11-16(12-14-17)21(27)24-15-19(26(4)5)18-9-7-8-10-20(18)29-6/h7-14,19H,15H2,1-6H3,(H,24,27)(H,25,28). The van der Waals surface area contributed by atoms with Crippen molar-refractivity contribution >= 4 is 17.7 Å². The first kappa shape index (κ1) is 23.2. The second kappa shape index (κ2) is 10.1. The van der Waals surface area contributed by atoms with E-state index in [1.807, 2.05) is 43.3 Å². The van der Waals surface area contributed by atoms with Gasteiger partial charge in [-0.15, -0.1) is 0 Å². The number of carbonyl (C=O) groups is 2. The molecule has 0 saturated carbocycles. The van der Waals surface area contributed by atoms with Gasteiger partial charge in [0.25, 0.3) is 5.91 Å². The zero-order valence-electron chi connectivity index (χ0n) is 18.5. The van der Waals surface area contributed by atoms with E-state index in [0.717, 1.165) is 11.3 Å². The molecule has 0 fully saturated rings. The van der Waals surface area contributed by atoms with E-state index in [1.54, 1.807) is 52.1 Å². The van der Waals surface area contributed by atoms with Crippen LogP contribution >= 0.6 is 0 Å². The van der Waals surface area contributed by atoms with Crippen LogP contribution in [0.5, 0.6) is 5.75 Å². The van der Waals surface area contributed by atoms with E-state index in [4.69, 9.17) is 9.47 Å². The third kappa shape index (κ3) is 6.77. The molecule has 0 heterocycles. The van der Waals surface area contributed by atoms with Gasteiger partial charge in [-0.05, 0) is 65.2 Å². The molecule has 7 nitrogen and oxygen atoms in total. The van der Waals surface area contributed by atoms with Gasteiger partial charge in [0.2, 0.25) is 0 Å². The Labute approximate surface area is 178 Å². The van der Waals surface area contributed by atoms with Gasteiger partial charge in [-0.25, -0.2) is 4.79 Å². The number of rotatable bonds is 7. The molecule has 1 atom stereocenters. The Morgan fingerprint density at radius 1 is 1.03 bits per heavy atom. The first-order valence-corrected chi connectivity index (χ1v) is 9.78. The molecule has 162 valence electrons. The molecule has 1 unspecified atom stereocenters. The zero-order chi connectivity index (χ0) is 22.3. The van der Waals surface area contributed by atoms with Crippen LogP contribution in [0, 0.1) is 0 Å². The SMILES string of the molecule is COc1ccccc1C(CNC(=O)c1ccc(NC(=O)OC(C)(C)C)cc1)N(C)C. The minimum atomic E-state index is -0.575. The first-order valence-electron chi connectivity index (χ1n) is 9.78. The lowest BCUT2D eigenvalue weighted by molar-refractivity contribution is 0.0635. The third-order valence-corrected chi connectivity index (χ3v) is 4.37. The number of anilines is 1. The van der Waals surface area contributed by atoms with Crippen LogP contribution in [0.15, 0.2) is 48.5 Å². The van der Waals surface area contributed by atoms with E-state index in [-0.39, 0.29) is 11.9 Å². The largest absolute Gasteiger partial charge is 0.496 e. The number of nitrogens with zero attached hydrogens (tertiary/aromatic N) is 1. The van der Waals surface area contributed by atoms with E-state index in [1.165, 1.54) is 0 Å². The van der Waals surface area contributed by atoms with Gasteiger partial charge in [-0.3, -0.25) is 10.1 Å². The zero-order valence-corrected chi connectivity index (χ0v) is 18.5. The van der Waals surface area contributed by atoms with E-state index < -0.39 is 11.7 Å². The van der Waals surface area contributed by atoms with Crippen LogP contribution in [0.3, 0.4) is 0 Å².